The molecule has 0 aliphatic carbocycles. The lowest BCUT2D eigenvalue weighted by Crippen LogP contribution is -2.03. The van der Waals surface area contributed by atoms with Crippen LogP contribution in [-0.2, 0) is 0 Å². The Morgan fingerprint density at radius 3 is 2.32 bits per heavy atom. The highest BCUT2D eigenvalue weighted by Crippen LogP contribution is 2.32. The van der Waals surface area contributed by atoms with Crippen molar-refractivity contribution in [2.24, 2.45) is 0 Å². The van der Waals surface area contributed by atoms with Crippen molar-refractivity contribution in [2.75, 3.05) is 14.2 Å². The third-order valence-corrected chi connectivity index (χ3v) is 3.18. The van der Waals surface area contributed by atoms with Gasteiger partial charge in [0.15, 0.2) is 0 Å². The zero-order valence-corrected chi connectivity index (χ0v) is 11.4. The molecular weight excluding hydrogens is 240 g/mol. The summed E-state index contributed by atoms with van der Waals surface area (Å²) in [6.07, 6.45) is -0.731. The Hall–Kier alpha value is -2.00. The van der Waals surface area contributed by atoms with Gasteiger partial charge < -0.3 is 14.6 Å². The summed E-state index contributed by atoms with van der Waals surface area (Å²) in [5, 5.41) is 10.5. The molecule has 1 unspecified atom stereocenters. The quantitative estimate of drug-likeness (QED) is 0.915. The predicted octanol–water partition coefficient (Wildman–Crippen LogP) is 3.09. The standard InChI is InChI=1S/C16H18O3/c1-11-8-9-12(10-15(11)19-3)16(17)13-6-4-5-7-14(13)18-2/h4-10,16-17H,1-3H3. The van der Waals surface area contributed by atoms with E-state index < -0.39 is 6.10 Å². The number of aliphatic hydroxyl groups is 1. The van der Waals surface area contributed by atoms with Crippen LogP contribution in [0.4, 0.5) is 0 Å². The van der Waals surface area contributed by atoms with Gasteiger partial charge in [-0.3, -0.25) is 0 Å². The van der Waals surface area contributed by atoms with Gasteiger partial charge >= 0.3 is 0 Å². The Labute approximate surface area is 113 Å². The van der Waals surface area contributed by atoms with Gasteiger partial charge in [0.2, 0.25) is 0 Å². The van der Waals surface area contributed by atoms with Crippen LogP contribution in [0.2, 0.25) is 0 Å². The minimum Gasteiger partial charge on any atom is -0.496 e. The van der Waals surface area contributed by atoms with Gasteiger partial charge in [-0.1, -0.05) is 30.3 Å². The molecule has 2 aromatic rings. The van der Waals surface area contributed by atoms with Crippen molar-refractivity contribution in [3.8, 4) is 11.5 Å². The van der Waals surface area contributed by atoms with Gasteiger partial charge in [-0.25, -0.2) is 0 Å². The molecule has 0 aromatic heterocycles. The van der Waals surface area contributed by atoms with Crippen LogP contribution in [0.5, 0.6) is 11.5 Å². The largest absolute Gasteiger partial charge is 0.496 e. The van der Waals surface area contributed by atoms with Crippen LogP contribution >= 0.6 is 0 Å². The highest BCUT2D eigenvalue weighted by molar-refractivity contribution is 5.44. The minimum absolute atomic E-state index is 0.676. The summed E-state index contributed by atoms with van der Waals surface area (Å²) in [5.74, 6) is 1.45. The third-order valence-electron chi connectivity index (χ3n) is 3.18. The molecule has 0 fully saturated rings. The first-order valence-corrected chi connectivity index (χ1v) is 6.13. The second-order valence-electron chi connectivity index (χ2n) is 4.37. The van der Waals surface area contributed by atoms with E-state index in [4.69, 9.17) is 9.47 Å². The van der Waals surface area contributed by atoms with E-state index in [0.717, 1.165) is 22.4 Å². The van der Waals surface area contributed by atoms with Crippen molar-refractivity contribution in [1.82, 2.24) is 0 Å². The van der Waals surface area contributed by atoms with E-state index >= 15 is 0 Å². The first-order valence-electron chi connectivity index (χ1n) is 6.13. The van der Waals surface area contributed by atoms with Gasteiger partial charge in [-0.05, 0) is 30.2 Å². The van der Waals surface area contributed by atoms with E-state index in [1.807, 2.05) is 49.4 Å². The van der Waals surface area contributed by atoms with E-state index in [-0.39, 0.29) is 0 Å². The van der Waals surface area contributed by atoms with Gasteiger partial charge in [0.25, 0.3) is 0 Å². The summed E-state index contributed by atoms with van der Waals surface area (Å²) in [6, 6.07) is 13.1. The van der Waals surface area contributed by atoms with Crippen molar-refractivity contribution in [1.29, 1.82) is 0 Å². The molecule has 0 bridgehead atoms. The maximum atomic E-state index is 10.5. The lowest BCUT2D eigenvalue weighted by Gasteiger charge is -2.16. The predicted molar refractivity (Wildman–Crippen MR) is 74.8 cm³/mol. The van der Waals surface area contributed by atoms with E-state index in [2.05, 4.69) is 0 Å². The van der Waals surface area contributed by atoms with Gasteiger partial charge in [-0.2, -0.15) is 0 Å². The van der Waals surface area contributed by atoms with Gasteiger partial charge in [0.1, 0.15) is 17.6 Å². The second kappa shape index (κ2) is 5.76. The molecule has 2 rings (SSSR count). The SMILES string of the molecule is COc1cc(C(O)c2ccccc2OC)ccc1C. The molecule has 100 valence electrons. The van der Waals surface area contributed by atoms with Crippen LogP contribution in [0.15, 0.2) is 42.5 Å². The molecule has 19 heavy (non-hydrogen) atoms. The zero-order chi connectivity index (χ0) is 13.8. The molecule has 0 radical (unpaired) electrons. The molecule has 0 amide bonds. The summed E-state index contributed by atoms with van der Waals surface area (Å²) in [6.45, 7) is 1.97. The Morgan fingerprint density at radius 2 is 1.63 bits per heavy atom. The number of para-hydroxylation sites is 1. The second-order valence-corrected chi connectivity index (χ2v) is 4.37. The molecule has 3 nitrogen and oxygen atoms in total. The molecule has 0 aliphatic rings. The molecule has 1 N–H and O–H groups in total. The molecule has 0 spiro atoms. The molecule has 0 saturated heterocycles. The number of rotatable bonds is 4. The van der Waals surface area contributed by atoms with Gasteiger partial charge in [-0.15, -0.1) is 0 Å². The van der Waals surface area contributed by atoms with Gasteiger partial charge in [0.05, 0.1) is 14.2 Å². The fourth-order valence-electron chi connectivity index (χ4n) is 2.08. The van der Waals surface area contributed by atoms with Crippen molar-refractivity contribution < 1.29 is 14.6 Å². The number of methoxy groups -OCH3 is 2. The van der Waals surface area contributed by atoms with E-state index in [1.165, 1.54) is 0 Å². The Kier molecular flexibility index (Phi) is 4.07. The van der Waals surface area contributed by atoms with E-state index in [1.54, 1.807) is 14.2 Å². The number of hydrogen-bond donors (Lipinski definition) is 1. The Morgan fingerprint density at radius 1 is 0.947 bits per heavy atom. The first-order chi connectivity index (χ1) is 9.17. The Bertz CT molecular complexity index is 564. The molecule has 0 saturated carbocycles. The highest BCUT2D eigenvalue weighted by Gasteiger charge is 2.16. The van der Waals surface area contributed by atoms with Gasteiger partial charge in [0, 0.05) is 5.56 Å². The van der Waals surface area contributed by atoms with Crippen molar-refractivity contribution in [2.45, 2.75) is 13.0 Å². The molecular formula is C16H18O3. The topological polar surface area (TPSA) is 38.7 Å². The van der Waals surface area contributed by atoms with Crippen LogP contribution in [0.3, 0.4) is 0 Å². The van der Waals surface area contributed by atoms with E-state index in [0.29, 0.717) is 5.75 Å². The number of aliphatic hydroxyl groups excluding tert-OH is 1. The monoisotopic (exact) mass is 258 g/mol. The van der Waals surface area contributed by atoms with Crippen molar-refractivity contribution >= 4 is 0 Å². The smallest absolute Gasteiger partial charge is 0.125 e. The fourth-order valence-corrected chi connectivity index (χ4v) is 2.08. The number of benzene rings is 2. The van der Waals surface area contributed by atoms with Crippen LogP contribution in [0, 0.1) is 6.92 Å². The van der Waals surface area contributed by atoms with Crippen LogP contribution in [-0.4, -0.2) is 19.3 Å². The molecule has 1 atom stereocenters. The maximum Gasteiger partial charge on any atom is 0.125 e. The number of ether oxygens (including phenoxy) is 2. The molecule has 0 heterocycles. The minimum atomic E-state index is -0.731. The number of hydrogen-bond acceptors (Lipinski definition) is 3. The molecule has 3 heteroatoms. The fraction of sp³-hybridized carbons (Fsp3) is 0.250. The average Bonchev–Trinajstić information content (AvgIpc) is 2.47. The van der Waals surface area contributed by atoms with Crippen LogP contribution < -0.4 is 9.47 Å². The van der Waals surface area contributed by atoms with Crippen molar-refractivity contribution in [3.63, 3.8) is 0 Å². The highest BCUT2D eigenvalue weighted by atomic mass is 16.5. The third kappa shape index (κ3) is 2.71. The van der Waals surface area contributed by atoms with Crippen LogP contribution in [0.1, 0.15) is 22.8 Å². The maximum absolute atomic E-state index is 10.5. The van der Waals surface area contributed by atoms with Crippen molar-refractivity contribution in [3.05, 3.63) is 59.2 Å². The summed E-state index contributed by atoms with van der Waals surface area (Å²) < 4.78 is 10.6. The lowest BCUT2D eigenvalue weighted by atomic mass is 9.99. The average molecular weight is 258 g/mol. The summed E-state index contributed by atoms with van der Waals surface area (Å²) in [5.41, 5.74) is 2.57. The Balaban J connectivity index is 2.41. The lowest BCUT2D eigenvalue weighted by molar-refractivity contribution is 0.214. The number of aryl methyl sites for hydroxylation is 1. The van der Waals surface area contributed by atoms with E-state index in [9.17, 15) is 5.11 Å². The summed E-state index contributed by atoms with van der Waals surface area (Å²) in [7, 11) is 3.23. The van der Waals surface area contributed by atoms with Crippen LogP contribution in [0.25, 0.3) is 0 Å². The summed E-state index contributed by atoms with van der Waals surface area (Å²) >= 11 is 0. The normalized spacial score (nSPS) is 12.0. The first kappa shape index (κ1) is 13.4. The zero-order valence-electron chi connectivity index (χ0n) is 11.4. The summed E-state index contributed by atoms with van der Waals surface area (Å²) in [4.78, 5) is 0. The molecule has 2 aromatic carbocycles. The molecule has 0 aliphatic heterocycles.